The Bertz CT molecular complexity index is 5310. The number of alkyl halides is 18. The van der Waals surface area contributed by atoms with E-state index in [0.29, 0.717) is 18.2 Å². The van der Waals surface area contributed by atoms with Crippen LogP contribution in [0.5, 0.6) is 0 Å². The molecule has 0 aromatic heterocycles. The fraction of sp³-hybridized carbons (Fsp3) is 0.477. The summed E-state index contributed by atoms with van der Waals surface area (Å²) in [6.07, 6.45) is -32.1. The Balaban J connectivity index is 0.000000842. The Kier molecular flexibility index (Phi) is 49.8. The number of Topliss-reactive ketones (excluding diaryl/α,β-unsaturated/α-hetero) is 2. The second-order valence-electron chi connectivity index (χ2n) is 35.1. The minimum absolute atomic E-state index is 0.296. The van der Waals surface area contributed by atoms with Gasteiger partial charge in [-0.25, -0.2) is 128 Å². The van der Waals surface area contributed by atoms with Gasteiger partial charge >= 0.3 is 24.7 Å². The number of carbonyl (C=O) groups is 2. The van der Waals surface area contributed by atoms with Crippen LogP contribution in [0.15, 0.2) is 143 Å². The van der Waals surface area contributed by atoms with Gasteiger partial charge < -0.3 is 15.2 Å². The average molecular weight is 2170 g/mol. The molecular weight excluding hydrogens is 2070 g/mol. The molecular formula is C88H101F32N7O9S5. The SMILES string of the molecule is CC(C)(C)[S@@](=O)N=C(CF)c1cccc(F)c1F.CC(C)(C)[S@@](=O)N[C@@](CF)(CC(=O)C(F)(F)F)c1cccc(F)c1F.CC(C)(C)[S@@](=O)N[C@@](CF)(C[C@@H](O)C(F)(F)F)c1cccc(F)c1F.CC(C)(C)[S@@](=O)N[C@@](CF)(C[C@H](O)C(F)(F)F)c1cccc(F)c1F.CN(C)/N=C(/C[C@](CF)(N[S@](=O)C(C)(C)C)c1cccc(F)c1F)C(F)(F)F.Fc1ccccc1F.O=C(CF)c1cccc(F)c1F. The highest BCUT2D eigenvalue weighted by Crippen LogP contribution is 2.42. The predicted octanol–water partition coefficient (Wildman–Crippen LogP) is 22.0. The van der Waals surface area contributed by atoms with Crippen molar-refractivity contribution in [1.29, 1.82) is 0 Å². The van der Waals surface area contributed by atoms with Crippen molar-refractivity contribution in [3.8, 4) is 0 Å². The van der Waals surface area contributed by atoms with Crippen LogP contribution in [-0.2, 0) is 81.9 Å². The van der Waals surface area contributed by atoms with E-state index in [1.165, 1.54) is 121 Å². The lowest BCUT2D eigenvalue weighted by atomic mass is 9.86. The van der Waals surface area contributed by atoms with Crippen LogP contribution in [0.2, 0.25) is 0 Å². The summed E-state index contributed by atoms with van der Waals surface area (Å²) in [4.78, 5) is 22.0. The van der Waals surface area contributed by atoms with Crippen molar-refractivity contribution in [1.82, 2.24) is 23.9 Å². The molecule has 0 saturated heterocycles. The zero-order valence-electron chi connectivity index (χ0n) is 77.7. The standard InChI is InChI=1S/C17H23F6N3OS.2C15H19F6NO2S.C15H17F6NO2S.C12H14F3NOS.C8H5F3O.C6H4F2/c1-15(2,3)28(27)25-16(10-18,11-7-6-8-12(19)14(11)20)9-13(17(21,22)23)24-26(4)5;3*1-13(2,3)25(24)22-14(8-16,7-11(23)15(19,20)21)9-5-4-6-10(17)12(9)18;1-12(2,3)18(17)16-10(7-13)8-5-4-6-9(14)11(8)15;9-4-7(12)5-2-1-3-6(10)8(5)11;7-5-3-1-2-4-6(5)8/h6-8,25H,9-10H2,1-5H3;2*4-6,11,22-23H,7-8H2,1-3H3;4-6,22H,7-8H2,1-3H3;4-6H,7H2,1-3H3;1-3H,4H2;1-4H/b24-13-;;;;;;/t16-,28-;11-,14+,25+;11-,14-,25-;14-,25-;18-;;/m10111../s1. The Morgan fingerprint density at radius 3 is 0.830 bits per heavy atom. The molecule has 11 atom stereocenters. The van der Waals surface area contributed by atoms with Crippen molar-refractivity contribution >= 4 is 77.9 Å². The topological polar surface area (TPSA) is 236 Å². The number of hydrazone groups is 1. The number of nitrogens with zero attached hydrogens (tertiary/aromatic N) is 3. The van der Waals surface area contributed by atoms with E-state index in [-0.39, 0.29) is 11.3 Å². The van der Waals surface area contributed by atoms with Crippen LogP contribution in [0.3, 0.4) is 0 Å². The average Bonchev–Trinajstić information content (AvgIpc) is 0.785. The van der Waals surface area contributed by atoms with Gasteiger partial charge in [-0.3, -0.25) is 9.59 Å². The van der Waals surface area contributed by atoms with E-state index in [9.17, 15) is 181 Å². The van der Waals surface area contributed by atoms with Gasteiger partial charge in [0, 0.05) is 67.6 Å². The summed E-state index contributed by atoms with van der Waals surface area (Å²) in [5.41, 5.74) is -15.9. The minimum Gasteiger partial charge on any atom is -0.384 e. The Morgan fingerprint density at radius 1 is 0.333 bits per heavy atom. The molecule has 0 fully saturated rings. The molecule has 0 saturated carbocycles. The number of hydrogen-bond acceptors (Lipinski definition) is 11. The van der Waals surface area contributed by atoms with Crippen LogP contribution in [-0.4, -0.2) is 174 Å². The largest absolute Gasteiger partial charge is 0.450 e. The first-order chi connectivity index (χ1) is 64.1. The third-order valence-corrected chi connectivity index (χ3v) is 26.4. The summed E-state index contributed by atoms with van der Waals surface area (Å²) < 4.78 is 490. The molecule has 796 valence electrons. The lowest BCUT2D eigenvalue weighted by Crippen LogP contribution is -2.53. The summed E-state index contributed by atoms with van der Waals surface area (Å²) in [6, 6.07) is 21.9. The van der Waals surface area contributed by atoms with Gasteiger partial charge in [-0.1, -0.05) is 72.8 Å². The minimum atomic E-state index is -5.31. The van der Waals surface area contributed by atoms with Gasteiger partial charge in [-0.05, 0) is 165 Å². The molecule has 141 heavy (non-hydrogen) atoms. The van der Waals surface area contributed by atoms with Crippen molar-refractivity contribution in [3.63, 3.8) is 0 Å². The Morgan fingerprint density at radius 2 is 0.589 bits per heavy atom. The third kappa shape index (κ3) is 39.3. The molecule has 7 aromatic carbocycles. The summed E-state index contributed by atoms with van der Waals surface area (Å²) in [5, 5.41) is 22.9. The maximum absolute atomic E-state index is 14.4. The number of ketones is 2. The normalized spacial score (nSPS) is 15.8. The number of aliphatic hydroxyl groups excluding tert-OH is 2. The Labute approximate surface area is 803 Å². The fourth-order valence-corrected chi connectivity index (χ4v) is 14.8. The van der Waals surface area contributed by atoms with Crippen molar-refractivity contribution in [2.45, 2.75) is 212 Å². The van der Waals surface area contributed by atoms with Crippen LogP contribution < -0.4 is 18.9 Å². The first kappa shape index (κ1) is 130. The van der Waals surface area contributed by atoms with E-state index in [1.54, 1.807) is 20.8 Å². The zero-order valence-corrected chi connectivity index (χ0v) is 81.7. The number of aliphatic hydroxyl groups is 2. The highest BCUT2D eigenvalue weighted by atomic mass is 32.2. The summed E-state index contributed by atoms with van der Waals surface area (Å²) in [7, 11) is -7.77. The quantitative estimate of drug-likeness (QED) is 0.0108. The van der Waals surface area contributed by atoms with Gasteiger partial charge in [-0.15, -0.1) is 0 Å². The van der Waals surface area contributed by atoms with Crippen molar-refractivity contribution in [2.24, 2.45) is 9.50 Å². The van der Waals surface area contributed by atoms with Gasteiger partial charge in [0.2, 0.25) is 5.78 Å². The highest BCUT2D eigenvalue weighted by molar-refractivity contribution is 7.85. The molecule has 7 rings (SSSR count). The van der Waals surface area contributed by atoms with Gasteiger partial charge in [0.25, 0.3) is 0 Å². The van der Waals surface area contributed by atoms with Gasteiger partial charge in [0.05, 0.1) is 101 Å². The molecule has 0 aliphatic rings. The molecule has 0 bridgehead atoms. The summed E-state index contributed by atoms with van der Waals surface area (Å²) in [5.74, 6) is -21.6. The predicted molar refractivity (Wildman–Crippen MR) is 471 cm³/mol. The molecule has 16 nitrogen and oxygen atoms in total. The second kappa shape index (κ2) is 53.9. The maximum atomic E-state index is 14.4. The smallest absolute Gasteiger partial charge is 0.384 e. The molecule has 53 heteroatoms. The number of rotatable bonds is 30. The molecule has 0 aliphatic carbocycles. The lowest BCUT2D eigenvalue weighted by Gasteiger charge is -2.36. The first-order valence-electron chi connectivity index (χ1n) is 40.3. The van der Waals surface area contributed by atoms with Crippen LogP contribution in [0, 0.1) is 81.4 Å². The number of halogens is 32. The van der Waals surface area contributed by atoms with E-state index in [1.807, 2.05) is 0 Å². The van der Waals surface area contributed by atoms with Gasteiger partial charge in [0.1, 0.15) is 50.1 Å². The van der Waals surface area contributed by atoms with E-state index < -0.39 is 330 Å². The lowest BCUT2D eigenvalue weighted by molar-refractivity contribution is -0.210. The Hall–Kier alpha value is -8.71. The van der Waals surface area contributed by atoms with Crippen molar-refractivity contribution in [3.05, 3.63) is 248 Å². The van der Waals surface area contributed by atoms with Crippen LogP contribution >= 0.6 is 0 Å². The van der Waals surface area contributed by atoms with E-state index in [2.05, 4.69) is 28.4 Å². The number of nitrogens with one attached hydrogen (secondary N) is 4. The van der Waals surface area contributed by atoms with Gasteiger partial charge in [-0.2, -0.15) is 62.2 Å². The molecule has 6 N–H and O–H groups in total. The number of benzene rings is 7. The summed E-state index contributed by atoms with van der Waals surface area (Å²) in [6.45, 7) is 13.5. The van der Waals surface area contributed by atoms with Crippen LogP contribution in [0.4, 0.5) is 140 Å². The van der Waals surface area contributed by atoms with Crippen LogP contribution in [0.1, 0.15) is 168 Å². The molecule has 0 amide bonds. The second-order valence-corrected chi connectivity index (χ2v) is 44.9. The molecule has 0 heterocycles. The molecule has 0 unspecified atom stereocenters. The first-order valence-corrected chi connectivity index (χ1v) is 46.0. The number of carbonyl (C=O) groups excluding carboxylic acids is 2. The number of hydrogen-bond donors (Lipinski definition) is 6. The molecule has 0 radical (unpaired) electrons. The van der Waals surface area contributed by atoms with E-state index >= 15 is 0 Å². The third-order valence-electron chi connectivity index (χ3n) is 18.2. The van der Waals surface area contributed by atoms with Gasteiger partial charge in [0.15, 0.2) is 106 Å². The van der Waals surface area contributed by atoms with Crippen molar-refractivity contribution in [2.75, 3.05) is 54.1 Å². The summed E-state index contributed by atoms with van der Waals surface area (Å²) >= 11 is 0. The maximum Gasteiger partial charge on any atom is 0.450 e. The molecule has 7 aromatic rings. The zero-order chi connectivity index (χ0) is 110. The van der Waals surface area contributed by atoms with E-state index in [4.69, 9.17) is 0 Å². The fourth-order valence-electron chi connectivity index (χ4n) is 10.5. The van der Waals surface area contributed by atoms with Crippen LogP contribution in [0.25, 0.3) is 0 Å². The molecule has 0 aliphatic heterocycles. The van der Waals surface area contributed by atoms with Crippen molar-refractivity contribution < 1.29 is 181 Å². The monoisotopic (exact) mass is 2170 g/mol. The highest BCUT2D eigenvalue weighted by Gasteiger charge is 2.53. The molecule has 0 spiro atoms. The van der Waals surface area contributed by atoms with E-state index in [0.717, 1.165) is 96.0 Å².